The van der Waals surface area contributed by atoms with Gasteiger partial charge in [0.1, 0.15) is 17.1 Å². The van der Waals surface area contributed by atoms with E-state index in [-0.39, 0.29) is 27.9 Å². The van der Waals surface area contributed by atoms with Crippen LogP contribution in [0.1, 0.15) is 40.3 Å². The fourth-order valence-electron chi connectivity index (χ4n) is 4.62. The lowest BCUT2D eigenvalue weighted by Gasteiger charge is -2.28. The van der Waals surface area contributed by atoms with Gasteiger partial charge < -0.3 is 14.1 Å². The van der Waals surface area contributed by atoms with Gasteiger partial charge in [-0.2, -0.15) is 23.3 Å². The van der Waals surface area contributed by atoms with Gasteiger partial charge in [0.25, 0.3) is 17.0 Å². The number of nitrogens with one attached hydrogen (secondary N) is 2. The maximum Gasteiger partial charge on any atom is 0.434 e. The second kappa shape index (κ2) is 9.01. The number of oxazole rings is 1. The summed E-state index contributed by atoms with van der Waals surface area (Å²) in [6.07, 6.45) is -4.62. The molecule has 1 aliphatic heterocycles. The van der Waals surface area contributed by atoms with Crippen molar-refractivity contribution in [3.05, 3.63) is 80.9 Å². The Morgan fingerprint density at radius 2 is 1.85 bits per heavy atom. The zero-order chi connectivity index (χ0) is 28.4. The zero-order valence-electron chi connectivity index (χ0n) is 20.2. The Hall–Kier alpha value is -4.53. The maximum absolute atomic E-state index is 14.2. The summed E-state index contributed by atoms with van der Waals surface area (Å²) in [5, 5.41) is 7.49. The predicted molar refractivity (Wildman–Crippen MR) is 132 cm³/mol. The summed E-state index contributed by atoms with van der Waals surface area (Å²) in [4.78, 5) is 32.1. The fourth-order valence-corrected chi connectivity index (χ4v) is 5.32. The summed E-state index contributed by atoms with van der Waals surface area (Å²) >= 11 is 0.666. The number of hydrogen-bond acceptors (Lipinski definition) is 7. The number of H-pyrrole nitrogens is 2. The molecule has 15 heteroatoms. The van der Waals surface area contributed by atoms with E-state index in [1.54, 1.807) is 18.2 Å². The highest BCUT2D eigenvalue weighted by molar-refractivity contribution is 7.11. The molecule has 5 aromatic rings. The van der Waals surface area contributed by atoms with Gasteiger partial charge in [-0.3, -0.25) is 14.9 Å². The molecule has 0 bridgehead atoms. The Balaban J connectivity index is 1.41. The van der Waals surface area contributed by atoms with Gasteiger partial charge in [0.05, 0.1) is 18.1 Å². The average Bonchev–Trinajstić information content (AvgIpc) is 3.64. The van der Waals surface area contributed by atoms with Crippen LogP contribution in [0.15, 0.2) is 57.1 Å². The van der Waals surface area contributed by atoms with Crippen LogP contribution in [0.5, 0.6) is 10.9 Å². The minimum Gasteiger partial charge on any atom is -0.431 e. The molecule has 0 spiro atoms. The number of nitrogens with zero attached hydrogens (tertiary/aromatic N) is 3. The van der Waals surface area contributed by atoms with Gasteiger partial charge in [-0.15, -0.1) is 0 Å². The van der Waals surface area contributed by atoms with Gasteiger partial charge >= 0.3 is 11.9 Å². The van der Waals surface area contributed by atoms with Crippen LogP contribution < -0.4 is 10.5 Å². The molecule has 9 nitrogen and oxygen atoms in total. The van der Waals surface area contributed by atoms with Gasteiger partial charge in [0.2, 0.25) is 0 Å². The van der Waals surface area contributed by atoms with Crippen LogP contribution in [0.3, 0.4) is 0 Å². The van der Waals surface area contributed by atoms with E-state index in [0.29, 0.717) is 40.5 Å². The first-order valence-corrected chi connectivity index (χ1v) is 12.5. The summed E-state index contributed by atoms with van der Waals surface area (Å²) < 4.78 is 77.7. The van der Waals surface area contributed by atoms with Crippen molar-refractivity contribution in [1.29, 1.82) is 0 Å². The number of carbonyl (C=O) groups excluding carboxylic acids is 1. The molecule has 0 aliphatic carbocycles. The van der Waals surface area contributed by atoms with Crippen molar-refractivity contribution in [3.8, 4) is 22.2 Å². The number of aromatic nitrogens is 4. The molecular formula is C25H16F5N5O4S. The molecule has 0 saturated carbocycles. The van der Waals surface area contributed by atoms with Gasteiger partial charge in [0.15, 0.2) is 11.3 Å². The quantitative estimate of drug-likeness (QED) is 0.240. The molecule has 0 fully saturated rings. The minimum atomic E-state index is -4.62. The molecule has 1 atom stereocenters. The van der Waals surface area contributed by atoms with Gasteiger partial charge in [-0.1, -0.05) is 29.5 Å². The Morgan fingerprint density at radius 3 is 2.52 bits per heavy atom. The van der Waals surface area contributed by atoms with Gasteiger partial charge in [-0.25, -0.2) is 13.6 Å². The molecule has 1 amide bonds. The molecule has 4 heterocycles. The van der Waals surface area contributed by atoms with Crippen LogP contribution in [0.25, 0.3) is 22.4 Å². The standard InChI is InChI=1S/C25H16F5N5O4S/c1-24(26,27)10-35-19(11-5-7-12(8-6-11)38-23-32-15(9-40-23)25(28,29)30)16-17(33-34-18(16)21(35)36)13-3-2-4-14-20(13)39-22(37)31-14/h2-9,19H,10H2,1H3,(H,31,37)(H,33,34). The number of benzene rings is 2. The molecule has 1 unspecified atom stereocenters. The molecule has 3 aromatic heterocycles. The van der Waals surface area contributed by atoms with Crippen molar-refractivity contribution in [2.75, 3.05) is 6.54 Å². The van der Waals surface area contributed by atoms with Crippen LogP contribution in [0.2, 0.25) is 0 Å². The number of hydrogen-bond donors (Lipinski definition) is 2. The number of halogens is 5. The third-order valence-corrected chi connectivity index (χ3v) is 6.91. The van der Waals surface area contributed by atoms with E-state index in [0.717, 1.165) is 10.3 Å². The topological polar surface area (TPSA) is 117 Å². The number of para-hydroxylation sites is 1. The number of amides is 1. The molecule has 0 saturated heterocycles. The molecule has 2 aromatic carbocycles. The lowest BCUT2D eigenvalue weighted by Crippen LogP contribution is -2.38. The molecule has 0 radical (unpaired) electrons. The van der Waals surface area contributed by atoms with Crippen molar-refractivity contribution in [1.82, 2.24) is 25.1 Å². The Morgan fingerprint density at radius 1 is 1.10 bits per heavy atom. The highest BCUT2D eigenvalue weighted by Gasteiger charge is 2.45. The summed E-state index contributed by atoms with van der Waals surface area (Å²) in [7, 11) is 0. The zero-order valence-corrected chi connectivity index (χ0v) is 21.0. The third kappa shape index (κ3) is 4.51. The highest BCUT2D eigenvalue weighted by atomic mass is 32.1. The van der Waals surface area contributed by atoms with E-state index < -0.39 is 42.0 Å². The van der Waals surface area contributed by atoms with Crippen molar-refractivity contribution < 1.29 is 35.9 Å². The number of carbonyl (C=O) groups is 1. The minimum absolute atomic E-state index is 0.00179. The molecule has 6 rings (SSSR count). The van der Waals surface area contributed by atoms with Crippen molar-refractivity contribution >= 4 is 28.3 Å². The van der Waals surface area contributed by atoms with Crippen molar-refractivity contribution in [2.24, 2.45) is 0 Å². The van der Waals surface area contributed by atoms with Crippen molar-refractivity contribution in [2.45, 2.75) is 25.1 Å². The highest BCUT2D eigenvalue weighted by Crippen LogP contribution is 2.45. The fraction of sp³-hybridized carbons (Fsp3) is 0.200. The van der Waals surface area contributed by atoms with Crippen LogP contribution in [0, 0.1) is 0 Å². The van der Waals surface area contributed by atoms with E-state index in [1.807, 2.05) is 0 Å². The predicted octanol–water partition coefficient (Wildman–Crippen LogP) is 5.98. The summed E-state index contributed by atoms with van der Waals surface area (Å²) in [6, 6.07) is 9.73. The number of aromatic amines is 2. The number of thiazole rings is 1. The number of rotatable bonds is 6. The van der Waals surface area contributed by atoms with Crippen molar-refractivity contribution in [3.63, 3.8) is 0 Å². The van der Waals surface area contributed by atoms with Crippen LogP contribution in [-0.4, -0.2) is 43.4 Å². The Kier molecular flexibility index (Phi) is 5.80. The molecule has 1 aliphatic rings. The van der Waals surface area contributed by atoms with E-state index in [4.69, 9.17) is 9.15 Å². The summed E-state index contributed by atoms with van der Waals surface area (Å²) in [6.45, 7) is -0.210. The lowest BCUT2D eigenvalue weighted by molar-refractivity contribution is -0.140. The summed E-state index contributed by atoms with van der Waals surface area (Å²) in [5.74, 6) is -4.49. The maximum atomic E-state index is 14.2. The van der Waals surface area contributed by atoms with E-state index in [2.05, 4.69) is 20.2 Å². The smallest absolute Gasteiger partial charge is 0.431 e. The van der Waals surface area contributed by atoms with E-state index >= 15 is 0 Å². The Labute approximate surface area is 224 Å². The number of ether oxygens (including phenoxy) is 1. The lowest BCUT2D eigenvalue weighted by atomic mass is 9.95. The first-order chi connectivity index (χ1) is 18.9. The normalized spacial score (nSPS) is 15.7. The van der Waals surface area contributed by atoms with Crippen LogP contribution >= 0.6 is 11.3 Å². The molecule has 40 heavy (non-hydrogen) atoms. The number of alkyl halides is 5. The van der Waals surface area contributed by atoms with Gasteiger partial charge in [0, 0.05) is 23.4 Å². The van der Waals surface area contributed by atoms with E-state index in [9.17, 15) is 31.5 Å². The first-order valence-electron chi connectivity index (χ1n) is 11.6. The van der Waals surface area contributed by atoms with E-state index in [1.165, 1.54) is 24.3 Å². The third-order valence-electron chi connectivity index (χ3n) is 6.19. The molecule has 206 valence electrons. The molecule has 2 N–H and O–H groups in total. The first kappa shape index (κ1) is 25.7. The molecular weight excluding hydrogens is 561 g/mol. The van der Waals surface area contributed by atoms with Gasteiger partial charge in [-0.05, 0) is 29.8 Å². The second-order valence-corrected chi connectivity index (χ2v) is 9.95. The Bertz CT molecular complexity index is 1800. The second-order valence-electron chi connectivity index (χ2n) is 9.13. The monoisotopic (exact) mass is 577 g/mol. The van der Waals surface area contributed by atoms with Crippen LogP contribution in [0.4, 0.5) is 22.0 Å². The number of fused-ring (bicyclic) bond motifs is 2. The van der Waals surface area contributed by atoms with Crippen LogP contribution in [-0.2, 0) is 6.18 Å². The average molecular weight is 577 g/mol. The summed E-state index contributed by atoms with van der Waals surface area (Å²) in [5.41, 5.74) is 0.775. The largest absolute Gasteiger partial charge is 0.434 e. The SMILES string of the molecule is CC(F)(F)CN1C(=O)c2[nH]nc(-c3cccc4[nH]c(=O)oc34)c2C1c1ccc(Oc2nc(C(F)(F)F)cs2)cc1.